The quantitative estimate of drug-likeness (QED) is 0.675. The standard InChI is InChI=1S/C17H16BrN3/c1-11(12-2-5-14(18)6-3-12)20-17-9-4-13-10-15(19)7-8-16(13)21-17/h2-11H,19H2,1H3,(H,20,21). The Morgan fingerprint density at radius 2 is 1.81 bits per heavy atom. The second-order valence-electron chi connectivity index (χ2n) is 5.07. The van der Waals surface area contributed by atoms with E-state index in [1.54, 1.807) is 0 Å². The van der Waals surface area contributed by atoms with Gasteiger partial charge in [0.25, 0.3) is 0 Å². The third-order valence-corrected chi connectivity index (χ3v) is 3.98. The molecule has 0 bridgehead atoms. The van der Waals surface area contributed by atoms with E-state index in [9.17, 15) is 0 Å². The summed E-state index contributed by atoms with van der Waals surface area (Å²) in [5, 5.41) is 4.48. The number of nitrogens with one attached hydrogen (secondary N) is 1. The molecule has 0 aliphatic heterocycles. The zero-order valence-corrected chi connectivity index (χ0v) is 13.3. The maximum atomic E-state index is 5.78. The lowest BCUT2D eigenvalue weighted by Crippen LogP contribution is -2.07. The van der Waals surface area contributed by atoms with E-state index >= 15 is 0 Å². The van der Waals surface area contributed by atoms with Crippen molar-refractivity contribution in [2.75, 3.05) is 11.1 Å². The molecular weight excluding hydrogens is 326 g/mol. The van der Waals surface area contributed by atoms with E-state index < -0.39 is 0 Å². The highest BCUT2D eigenvalue weighted by molar-refractivity contribution is 9.10. The van der Waals surface area contributed by atoms with E-state index in [1.807, 2.05) is 42.5 Å². The summed E-state index contributed by atoms with van der Waals surface area (Å²) >= 11 is 3.45. The molecule has 1 heterocycles. The molecule has 0 saturated carbocycles. The fraction of sp³-hybridized carbons (Fsp3) is 0.118. The third kappa shape index (κ3) is 3.16. The smallest absolute Gasteiger partial charge is 0.127 e. The second-order valence-corrected chi connectivity index (χ2v) is 5.98. The fourth-order valence-corrected chi connectivity index (χ4v) is 2.55. The van der Waals surface area contributed by atoms with Gasteiger partial charge in [0.15, 0.2) is 0 Å². The van der Waals surface area contributed by atoms with Crippen LogP contribution in [-0.4, -0.2) is 4.98 Å². The first kappa shape index (κ1) is 13.9. The van der Waals surface area contributed by atoms with Gasteiger partial charge in [-0.25, -0.2) is 4.98 Å². The third-order valence-electron chi connectivity index (χ3n) is 3.45. The summed E-state index contributed by atoms with van der Waals surface area (Å²) in [4.78, 5) is 4.62. The molecule has 0 fully saturated rings. The van der Waals surface area contributed by atoms with E-state index in [0.717, 1.165) is 26.9 Å². The van der Waals surface area contributed by atoms with Gasteiger partial charge in [-0.3, -0.25) is 0 Å². The summed E-state index contributed by atoms with van der Waals surface area (Å²) in [5.74, 6) is 0.864. The lowest BCUT2D eigenvalue weighted by Gasteiger charge is -2.15. The lowest BCUT2D eigenvalue weighted by molar-refractivity contribution is 0.876. The average molecular weight is 342 g/mol. The first-order valence-corrected chi connectivity index (χ1v) is 7.59. The molecular formula is C17H16BrN3. The fourth-order valence-electron chi connectivity index (χ4n) is 2.28. The average Bonchev–Trinajstić information content (AvgIpc) is 2.48. The predicted octanol–water partition coefficient (Wildman–Crippen LogP) is 4.75. The van der Waals surface area contributed by atoms with Crippen molar-refractivity contribution in [1.29, 1.82) is 0 Å². The van der Waals surface area contributed by atoms with Crippen molar-refractivity contribution in [2.45, 2.75) is 13.0 Å². The van der Waals surface area contributed by atoms with Crippen molar-refractivity contribution in [3.8, 4) is 0 Å². The van der Waals surface area contributed by atoms with Gasteiger partial charge in [-0.1, -0.05) is 28.1 Å². The molecule has 1 unspecified atom stereocenters. The van der Waals surface area contributed by atoms with Crippen molar-refractivity contribution in [1.82, 2.24) is 4.98 Å². The molecule has 1 aromatic heterocycles. The number of rotatable bonds is 3. The van der Waals surface area contributed by atoms with Crippen molar-refractivity contribution >= 4 is 38.3 Å². The van der Waals surface area contributed by atoms with E-state index in [4.69, 9.17) is 5.73 Å². The highest BCUT2D eigenvalue weighted by Crippen LogP contribution is 2.22. The van der Waals surface area contributed by atoms with Gasteiger partial charge >= 0.3 is 0 Å². The summed E-state index contributed by atoms with van der Waals surface area (Å²) in [6, 6.07) is 18.3. The lowest BCUT2D eigenvalue weighted by atomic mass is 10.1. The van der Waals surface area contributed by atoms with Crippen LogP contribution in [0.3, 0.4) is 0 Å². The van der Waals surface area contributed by atoms with E-state index in [-0.39, 0.29) is 6.04 Å². The minimum absolute atomic E-state index is 0.192. The van der Waals surface area contributed by atoms with Crippen LogP contribution in [-0.2, 0) is 0 Å². The Morgan fingerprint density at radius 3 is 2.57 bits per heavy atom. The van der Waals surface area contributed by atoms with Crippen LogP contribution in [0, 0.1) is 0 Å². The molecule has 3 N–H and O–H groups in total. The summed E-state index contributed by atoms with van der Waals surface area (Å²) in [6.45, 7) is 2.12. The Kier molecular flexibility index (Phi) is 3.80. The van der Waals surface area contributed by atoms with Gasteiger partial charge in [0.1, 0.15) is 5.82 Å². The molecule has 3 rings (SSSR count). The molecule has 0 spiro atoms. The summed E-state index contributed by atoms with van der Waals surface area (Å²) in [7, 11) is 0. The largest absolute Gasteiger partial charge is 0.399 e. The van der Waals surface area contributed by atoms with Gasteiger partial charge in [0, 0.05) is 21.6 Å². The number of halogens is 1. The molecule has 3 aromatic rings. The Morgan fingerprint density at radius 1 is 1.05 bits per heavy atom. The number of anilines is 2. The van der Waals surface area contributed by atoms with Gasteiger partial charge in [0.2, 0.25) is 0 Å². The maximum absolute atomic E-state index is 5.78. The van der Waals surface area contributed by atoms with Gasteiger partial charge in [-0.05, 0) is 55.0 Å². The zero-order chi connectivity index (χ0) is 14.8. The van der Waals surface area contributed by atoms with Crippen molar-refractivity contribution < 1.29 is 0 Å². The Balaban J connectivity index is 1.84. The first-order valence-electron chi connectivity index (χ1n) is 6.80. The highest BCUT2D eigenvalue weighted by Gasteiger charge is 2.06. The number of nitrogen functional groups attached to an aromatic ring is 1. The topological polar surface area (TPSA) is 50.9 Å². The minimum atomic E-state index is 0.192. The summed E-state index contributed by atoms with van der Waals surface area (Å²) in [6.07, 6.45) is 0. The number of hydrogen-bond acceptors (Lipinski definition) is 3. The van der Waals surface area contributed by atoms with Gasteiger partial charge < -0.3 is 11.1 Å². The molecule has 0 saturated heterocycles. The Hall–Kier alpha value is -2.07. The highest BCUT2D eigenvalue weighted by atomic mass is 79.9. The van der Waals surface area contributed by atoms with E-state index in [2.05, 4.69) is 45.3 Å². The SMILES string of the molecule is CC(Nc1ccc2cc(N)ccc2n1)c1ccc(Br)cc1. The number of aromatic nitrogens is 1. The van der Waals surface area contributed by atoms with Crippen LogP contribution in [0.2, 0.25) is 0 Å². The van der Waals surface area contributed by atoms with Crippen molar-refractivity contribution in [3.05, 3.63) is 64.6 Å². The van der Waals surface area contributed by atoms with Crippen LogP contribution >= 0.6 is 15.9 Å². The van der Waals surface area contributed by atoms with Crippen LogP contribution in [0.15, 0.2) is 59.1 Å². The molecule has 3 nitrogen and oxygen atoms in total. The molecule has 0 aliphatic carbocycles. The number of hydrogen-bond donors (Lipinski definition) is 2. The molecule has 0 radical (unpaired) electrons. The Labute approximate surface area is 132 Å². The molecule has 2 aromatic carbocycles. The van der Waals surface area contributed by atoms with Crippen LogP contribution in [0.25, 0.3) is 10.9 Å². The van der Waals surface area contributed by atoms with Crippen LogP contribution in [0.4, 0.5) is 11.5 Å². The number of fused-ring (bicyclic) bond motifs is 1. The van der Waals surface area contributed by atoms with Crippen LogP contribution in [0.5, 0.6) is 0 Å². The number of nitrogens with two attached hydrogens (primary N) is 1. The molecule has 4 heteroatoms. The normalized spacial score (nSPS) is 12.3. The number of benzene rings is 2. The van der Waals surface area contributed by atoms with Gasteiger partial charge in [0.05, 0.1) is 5.52 Å². The number of pyridine rings is 1. The number of nitrogens with zero attached hydrogens (tertiary/aromatic N) is 1. The predicted molar refractivity (Wildman–Crippen MR) is 92.3 cm³/mol. The van der Waals surface area contributed by atoms with Crippen molar-refractivity contribution in [3.63, 3.8) is 0 Å². The van der Waals surface area contributed by atoms with Gasteiger partial charge in [-0.2, -0.15) is 0 Å². The molecule has 0 aliphatic rings. The van der Waals surface area contributed by atoms with Crippen LogP contribution < -0.4 is 11.1 Å². The van der Waals surface area contributed by atoms with E-state index in [1.165, 1.54) is 5.56 Å². The van der Waals surface area contributed by atoms with Gasteiger partial charge in [-0.15, -0.1) is 0 Å². The molecule has 106 valence electrons. The maximum Gasteiger partial charge on any atom is 0.127 e. The van der Waals surface area contributed by atoms with E-state index in [0.29, 0.717) is 0 Å². The molecule has 0 amide bonds. The summed E-state index contributed by atoms with van der Waals surface area (Å²) in [5.41, 5.74) is 8.70. The molecule has 21 heavy (non-hydrogen) atoms. The second kappa shape index (κ2) is 5.74. The Bertz CT molecular complexity index is 769. The van der Waals surface area contributed by atoms with Crippen molar-refractivity contribution in [2.24, 2.45) is 0 Å². The summed E-state index contributed by atoms with van der Waals surface area (Å²) < 4.78 is 1.08. The zero-order valence-electron chi connectivity index (χ0n) is 11.7. The first-order chi connectivity index (χ1) is 10.1. The monoisotopic (exact) mass is 341 g/mol. The van der Waals surface area contributed by atoms with Crippen LogP contribution in [0.1, 0.15) is 18.5 Å². The minimum Gasteiger partial charge on any atom is -0.399 e. The molecule has 1 atom stereocenters.